The third-order valence-electron chi connectivity index (χ3n) is 6.77. The first kappa shape index (κ1) is 28.1. The quantitative estimate of drug-likeness (QED) is 0.369. The standard InChI is InChI=1S/C28H36ClN5O3S/c1-6-37-24-16-20-14-19(12-13-31-28(20,4)5)15-23(24)33-27-30-17-21(29)26(34-27)32-22-10-8-7-9-11-25(22)38(35,36)18(2)3/h7-10,15-18,31H,6,11-14H2,1-5H3,(H2,30,32,33,34). The van der Waals surface area contributed by atoms with E-state index in [1.165, 1.54) is 17.3 Å². The van der Waals surface area contributed by atoms with E-state index in [9.17, 15) is 8.42 Å². The van der Waals surface area contributed by atoms with Crippen LogP contribution in [0.2, 0.25) is 5.02 Å². The van der Waals surface area contributed by atoms with E-state index in [2.05, 4.69) is 51.9 Å². The Kier molecular flexibility index (Phi) is 8.49. The highest BCUT2D eigenvalue weighted by molar-refractivity contribution is 7.95. The Morgan fingerprint density at radius 1 is 1.18 bits per heavy atom. The van der Waals surface area contributed by atoms with Crippen LogP contribution in [0.3, 0.4) is 0 Å². The number of ether oxygens (including phenoxy) is 1. The van der Waals surface area contributed by atoms with Crippen molar-refractivity contribution >= 4 is 33.2 Å². The fourth-order valence-electron chi connectivity index (χ4n) is 4.48. The van der Waals surface area contributed by atoms with Crippen LogP contribution in [0.4, 0.5) is 11.8 Å². The predicted octanol–water partition coefficient (Wildman–Crippen LogP) is 5.78. The minimum absolute atomic E-state index is 0.149. The molecule has 1 aromatic rings. The molecule has 2 aliphatic carbocycles. The fourth-order valence-corrected chi connectivity index (χ4v) is 5.94. The predicted molar refractivity (Wildman–Crippen MR) is 154 cm³/mol. The van der Waals surface area contributed by atoms with Crippen LogP contribution in [0.5, 0.6) is 0 Å². The van der Waals surface area contributed by atoms with Gasteiger partial charge in [-0.3, -0.25) is 0 Å². The van der Waals surface area contributed by atoms with E-state index in [0.717, 1.165) is 25.1 Å². The van der Waals surface area contributed by atoms with E-state index in [1.54, 1.807) is 26.0 Å². The monoisotopic (exact) mass is 557 g/mol. The maximum Gasteiger partial charge on any atom is 0.229 e. The Labute approximate surface area is 230 Å². The van der Waals surface area contributed by atoms with Crippen molar-refractivity contribution in [3.8, 4) is 0 Å². The number of nitrogens with one attached hydrogen (secondary N) is 3. The van der Waals surface area contributed by atoms with Crippen LogP contribution in [-0.4, -0.2) is 42.3 Å². The Morgan fingerprint density at radius 2 is 1.97 bits per heavy atom. The molecule has 4 rings (SSSR count). The number of allylic oxidation sites excluding steroid dienone is 7. The van der Waals surface area contributed by atoms with Crippen LogP contribution in [0.1, 0.15) is 53.9 Å². The van der Waals surface area contributed by atoms with Gasteiger partial charge in [0.05, 0.1) is 34.4 Å². The van der Waals surface area contributed by atoms with E-state index in [-0.39, 0.29) is 17.0 Å². The van der Waals surface area contributed by atoms with Crippen molar-refractivity contribution in [2.45, 2.75) is 64.7 Å². The number of nitrogens with zero attached hydrogens (tertiary/aromatic N) is 2. The summed E-state index contributed by atoms with van der Waals surface area (Å²) in [6, 6.07) is 0. The van der Waals surface area contributed by atoms with Crippen LogP contribution in [0, 0.1) is 0 Å². The lowest BCUT2D eigenvalue weighted by Gasteiger charge is -2.27. The van der Waals surface area contributed by atoms with E-state index < -0.39 is 15.1 Å². The van der Waals surface area contributed by atoms with Crippen LogP contribution in [0.15, 0.2) is 75.9 Å². The van der Waals surface area contributed by atoms with E-state index >= 15 is 0 Å². The molecule has 1 fully saturated rings. The van der Waals surface area contributed by atoms with Gasteiger partial charge in [-0.2, -0.15) is 4.98 Å². The molecule has 3 N–H and O–H groups in total. The molecule has 2 heterocycles. The van der Waals surface area contributed by atoms with Gasteiger partial charge in [0, 0.05) is 12.0 Å². The maximum absolute atomic E-state index is 13.1. The smallest absolute Gasteiger partial charge is 0.229 e. The molecule has 2 bridgehead atoms. The zero-order chi connectivity index (χ0) is 27.5. The van der Waals surface area contributed by atoms with E-state index in [0.29, 0.717) is 34.7 Å². The van der Waals surface area contributed by atoms with Gasteiger partial charge in [-0.05, 0) is 77.8 Å². The Hall–Kier alpha value is -2.88. The van der Waals surface area contributed by atoms with Gasteiger partial charge in [0.15, 0.2) is 15.7 Å². The van der Waals surface area contributed by atoms with Gasteiger partial charge in [-0.15, -0.1) is 0 Å². The topological polar surface area (TPSA) is 105 Å². The largest absolute Gasteiger partial charge is 0.492 e. The van der Waals surface area contributed by atoms with Crippen molar-refractivity contribution in [2.24, 2.45) is 0 Å². The second-order valence-corrected chi connectivity index (χ2v) is 13.2. The van der Waals surface area contributed by atoms with Gasteiger partial charge < -0.3 is 20.7 Å². The summed E-state index contributed by atoms with van der Waals surface area (Å²) >= 11 is 6.46. The number of anilines is 2. The molecular weight excluding hydrogens is 522 g/mol. The van der Waals surface area contributed by atoms with E-state index in [1.807, 2.05) is 19.1 Å². The highest BCUT2D eigenvalue weighted by Gasteiger charge is 2.29. The number of rotatable bonds is 8. The molecule has 0 aromatic carbocycles. The average molecular weight is 558 g/mol. The summed E-state index contributed by atoms with van der Waals surface area (Å²) in [5.41, 5.74) is 3.59. The first-order valence-electron chi connectivity index (χ1n) is 12.9. The van der Waals surface area contributed by atoms with Gasteiger partial charge >= 0.3 is 0 Å². The van der Waals surface area contributed by atoms with Gasteiger partial charge in [-0.25, -0.2) is 13.4 Å². The van der Waals surface area contributed by atoms with Crippen molar-refractivity contribution in [1.82, 2.24) is 15.3 Å². The summed E-state index contributed by atoms with van der Waals surface area (Å²) in [5.74, 6) is 1.34. The normalized spacial score (nSPS) is 19.4. The van der Waals surface area contributed by atoms with Crippen LogP contribution >= 0.6 is 11.6 Å². The minimum Gasteiger partial charge on any atom is -0.492 e. The van der Waals surface area contributed by atoms with E-state index in [4.69, 9.17) is 16.3 Å². The molecule has 3 aliphatic rings. The summed E-state index contributed by atoms with van der Waals surface area (Å²) in [5, 5.41) is 9.80. The molecule has 1 aliphatic heterocycles. The highest BCUT2D eigenvalue weighted by atomic mass is 35.5. The second-order valence-electron chi connectivity index (χ2n) is 10.2. The van der Waals surface area contributed by atoms with Gasteiger partial charge in [0.1, 0.15) is 10.8 Å². The lowest BCUT2D eigenvalue weighted by atomic mass is 9.90. The van der Waals surface area contributed by atoms with Crippen LogP contribution in [0.25, 0.3) is 0 Å². The molecular formula is C28H36ClN5O3S. The number of fused-ring (bicyclic) bond motifs is 2. The molecule has 0 unspecified atom stereocenters. The summed E-state index contributed by atoms with van der Waals surface area (Å²) in [6.07, 6.45) is 14.9. The van der Waals surface area contributed by atoms with Gasteiger partial charge in [0.2, 0.25) is 5.95 Å². The third kappa shape index (κ3) is 6.22. The van der Waals surface area contributed by atoms with Gasteiger partial charge in [0.25, 0.3) is 0 Å². The van der Waals surface area contributed by atoms with Crippen molar-refractivity contribution in [2.75, 3.05) is 23.8 Å². The summed E-state index contributed by atoms with van der Waals surface area (Å²) in [7, 11) is -3.51. The second kappa shape index (κ2) is 11.5. The van der Waals surface area contributed by atoms with Crippen molar-refractivity contribution in [3.63, 3.8) is 0 Å². The number of aromatic nitrogens is 2. The molecule has 204 valence electrons. The summed E-state index contributed by atoms with van der Waals surface area (Å²) in [6.45, 7) is 11.1. The third-order valence-corrected chi connectivity index (χ3v) is 9.37. The molecule has 0 spiro atoms. The molecule has 38 heavy (non-hydrogen) atoms. The van der Waals surface area contributed by atoms with Crippen molar-refractivity contribution in [1.29, 1.82) is 0 Å². The maximum atomic E-state index is 13.1. The molecule has 0 atom stereocenters. The number of hydrogen-bond acceptors (Lipinski definition) is 8. The van der Waals surface area contributed by atoms with Crippen LogP contribution in [-0.2, 0) is 14.6 Å². The van der Waals surface area contributed by atoms with Crippen molar-refractivity contribution < 1.29 is 13.2 Å². The molecule has 1 saturated heterocycles. The molecule has 1 aromatic heterocycles. The average Bonchev–Trinajstić information content (AvgIpc) is 3.24. The first-order chi connectivity index (χ1) is 18.0. The Morgan fingerprint density at radius 3 is 2.71 bits per heavy atom. The lowest BCUT2D eigenvalue weighted by Crippen LogP contribution is -2.40. The first-order valence-corrected chi connectivity index (χ1v) is 14.8. The number of halogens is 1. The zero-order valence-electron chi connectivity index (χ0n) is 22.6. The molecule has 0 radical (unpaired) electrons. The lowest BCUT2D eigenvalue weighted by molar-refractivity contribution is 0.239. The summed E-state index contributed by atoms with van der Waals surface area (Å²) in [4.78, 5) is 9.29. The Bertz CT molecular complexity index is 1380. The number of sulfone groups is 1. The van der Waals surface area contributed by atoms with Gasteiger partial charge in [-0.1, -0.05) is 35.4 Å². The molecule has 8 nitrogen and oxygen atoms in total. The Balaban J connectivity index is 1.72. The molecule has 0 saturated carbocycles. The highest BCUT2D eigenvalue weighted by Crippen LogP contribution is 2.34. The minimum atomic E-state index is -3.51. The fraction of sp³-hybridized carbons (Fsp3) is 0.429. The number of hydrogen-bond donors (Lipinski definition) is 3. The summed E-state index contributed by atoms with van der Waals surface area (Å²) < 4.78 is 32.2. The molecule has 10 heteroatoms. The SMILES string of the molecule is CCOC1=C(Nc2ncc(Cl)c(NC3=C(S(=O)(=O)C(C)C)CC=CC=C3)n2)C=C2CCNC(C)(C)C(=C1)C2. The molecule has 0 amide bonds. The van der Waals surface area contributed by atoms with Crippen LogP contribution < -0.4 is 16.0 Å². The zero-order valence-corrected chi connectivity index (χ0v) is 24.1. The van der Waals surface area contributed by atoms with Crippen molar-refractivity contribution in [3.05, 3.63) is 80.9 Å².